The molecule has 1 aromatic rings. The Morgan fingerprint density at radius 2 is 2.16 bits per heavy atom. The van der Waals surface area contributed by atoms with Crippen LogP contribution in [0.15, 0.2) is 27.6 Å². The number of nitriles is 1. The van der Waals surface area contributed by atoms with Crippen molar-refractivity contribution in [3.8, 4) is 6.07 Å². The minimum Gasteiger partial charge on any atom is -0.207 e. The van der Waals surface area contributed by atoms with Crippen molar-refractivity contribution in [1.29, 1.82) is 5.26 Å². The average Bonchev–Trinajstić information content (AvgIpc) is 3.13. The second-order valence-corrected chi connectivity index (χ2v) is 7.51. The highest BCUT2D eigenvalue weighted by Gasteiger charge is 2.38. The zero-order valence-electron chi connectivity index (χ0n) is 10.0. The molecule has 1 aliphatic carbocycles. The number of sulfonamides is 1. The molecule has 0 aromatic heterocycles. The summed E-state index contributed by atoms with van der Waals surface area (Å²) in [6, 6.07) is 6.69. The molecule has 0 heterocycles. The first-order chi connectivity index (χ1) is 8.96. The predicted octanol–water partition coefficient (Wildman–Crippen LogP) is 3.17. The van der Waals surface area contributed by atoms with Crippen LogP contribution < -0.4 is 0 Å². The van der Waals surface area contributed by atoms with Crippen LogP contribution in [0.4, 0.5) is 0 Å². The lowest BCUT2D eigenvalue weighted by Gasteiger charge is -2.21. The largest absolute Gasteiger partial charge is 0.244 e. The van der Waals surface area contributed by atoms with Crippen molar-refractivity contribution in [2.45, 2.75) is 30.2 Å². The van der Waals surface area contributed by atoms with Gasteiger partial charge in [-0.2, -0.15) is 9.57 Å². The van der Waals surface area contributed by atoms with E-state index < -0.39 is 10.0 Å². The van der Waals surface area contributed by atoms with E-state index in [9.17, 15) is 8.42 Å². The van der Waals surface area contributed by atoms with Crippen molar-refractivity contribution in [1.82, 2.24) is 4.31 Å². The number of benzene rings is 1. The zero-order valence-corrected chi connectivity index (χ0v) is 13.2. The van der Waals surface area contributed by atoms with Gasteiger partial charge in [-0.1, -0.05) is 27.5 Å². The molecule has 0 unspecified atom stereocenters. The quantitative estimate of drug-likeness (QED) is 0.807. The Hall–Kier alpha value is -0.610. The van der Waals surface area contributed by atoms with E-state index in [1.807, 2.05) is 6.07 Å². The molecule has 0 bridgehead atoms. The highest BCUT2D eigenvalue weighted by atomic mass is 79.9. The van der Waals surface area contributed by atoms with Crippen LogP contribution in [0, 0.1) is 11.3 Å². The average molecular weight is 364 g/mol. The van der Waals surface area contributed by atoms with Gasteiger partial charge in [-0.05, 0) is 31.0 Å². The monoisotopic (exact) mass is 362 g/mol. The van der Waals surface area contributed by atoms with Crippen LogP contribution in [-0.4, -0.2) is 25.3 Å². The van der Waals surface area contributed by atoms with Gasteiger partial charge in [0.05, 0.1) is 11.1 Å². The molecule has 2 rings (SSSR count). The molecule has 1 aliphatic rings. The van der Waals surface area contributed by atoms with Crippen molar-refractivity contribution >= 4 is 37.6 Å². The van der Waals surface area contributed by atoms with Crippen LogP contribution in [0.3, 0.4) is 0 Å². The third kappa shape index (κ3) is 3.29. The number of hydrogen-bond donors (Lipinski definition) is 0. The number of rotatable bonds is 5. The van der Waals surface area contributed by atoms with Crippen molar-refractivity contribution in [2.24, 2.45) is 0 Å². The van der Waals surface area contributed by atoms with E-state index in [1.54, 1.807) is 12.1 Å². The second-order valence-electron chi connectivity index (χ2n) is 4.33. The highest BCUT2D eigenvalue weighted by molar-refractivity contribution is 9.10. The summed E-state index contributed by atoms with van der Waals surface area (Å²) >= 11 is 9.26. The van der Waals surface area contributed by atoms with Crippen LogP contribution in [0.2, 0.25) is 5.02 Å². The third-order valence-corrected chi connectivity index (χ3v) is 5.81. The summed E-state index contributed by atoms with van der Waals surface area (Å²) in [4.78, 5) is 0.0993. The van der Waals surface area contributed by atoms with Crippen LogP contribution in [0.1, 0.15) is 19.3 Å². The van der Waals surface area contributed by atoms with E-state index in [0.29, 0.717) is 0 Å². The van der Waals surface area contributed by atoms with Gasteiger partial charge < -0.3 is 0 Å². The van der Waals surface area contributed by atoms with E-state index in [-0.39, 0.29) is 28.9 Å². The zero-order chi connectivity index (χ0) is 14.0. The molecule has 4 nitrogen and oxygen atoms in total. The first-order valence-electron chi connectivity index (χ1n) is 5.80. The van der Waals surface area contributed by atoms with Gasteiger partial charge in [0.2, 0.25) is 10.0 Å². The lowest BCUT2D eigenvalue weighted by molar-refractivity contribution is 0.411. The molecule has 0 N–H and O–H groups in total. The molecule has 0 atom stereocenters. The van der Waals surface area contributed by atoms with Crippen molar-refractivity contribution in [3.05, 3.63) is 27.7 Å². The van der Waals surface area contributed by atoms with Crippen molar-refractivity contribution in [2.75, 3.05) is 6.54 Å². The minimum absolute atomic E-state index is 0.0121. The smallest absolute Gasteiger partial charge is 0.207 e. The maximum atomic E-state index is 12.6. The summed E-state index contributed by atoms with van der Waals surface area (Å²) in [5.41, 5.74) is 0. The lowest BCUT2D eigenvalue weighted by atomic mass is 10.4. The van der Waals surface area contributed by atoms with E-state index in [2.05, 4.69) is 15.9 Å². The fraction of sp³-hybridized carbons (Fsp3) is 0.417. The molecule has 0 radical (unpaired) electrons. The van der Waals surface area contributed by atoms with Gasteiger partial charge in [0.1, 0.15) is 4.90 Å². The molecule has 1 fully saturated rings. The van der Waals surface area contributed by atoms with E-state index >= 15 is 0 Å². The SMILES string of the molecule is N#CCCN(C1CC1)S(=O)(=O)c1ccc(Br)cc1Cl. The van der Waals surface area contributed by atoms with E-state index in [1.165, 1.54) is 10.4 Å². The van der Waals surface area contributed by atoms with Gasteiger partial charge in [0.15, 0.2) is 0 Å². The molecular formula is C12H12BrClN2O2S. The Bertz CT molecular complexity index is 623. The molecular weight excluding hydrogens is 352 g/mol. The predicted molar refractivity (Wildman–Crippen MR) is 76.3 cm³/mol. The number of nitrogens with zero attached hydrogens (tertiary/aromatic N) is 2. The maximum absolute atomic E-state index is 12.6. The molecule has 0 saturated heterocycles. The molecule has 1 saturated carbocycles. The van der Waals surface area contributed by atoms with Gasteiger partial charge in [0, 0.05) is 23.5 Å². The number of halogens is 2. The van der Waals surface area contributed by atoms with Crippen LogP contribution in [0.25, 0.3) is 0 Å². The van der Waals surface area contributed by atoms with Gasteiger partial charge in [0.25, 0.3) is 0 Å². The van der Waals surface area contributed by atoms with E-state index in [0.717, 1.165) is 17.3 Å². The molecule has 0 spiro atoms. The third-order valence-electron chi connectivity index (χ3n) is 2.88. The normalized spacial score (nSPS) is 15.5. The van der Waals surface area contributed by atoms with Crippen molar-refractivity contribution < 1.29 is 8.42 Å². The van der Waals surface area contributed by atoms with Gasteiger partial charge in [-0.25, -0.2) is 8.42 Å². The summed E-state index contributed by atoms with van der Waals surface area (Å²) < 4.78 is 27.3. The summed E-state index contributed by atoms with van der Waals surface area (Å²) in [6.07, 6.45) is 1.88. The Kier molecular flexibility index (Phi) is 4.51. The van der Waals surface area contributed by atoms with Gasteiger partial charge in [-0.15, -0.1) is 0 Å². The van der Waals surface area contributed by atoms with Crippen molar-refractivity contribution in [3.63, 3.8) is 0 Å². The molecule has 1 aromatic carbocycles. The fourth-order valence-electron chi connectivity index (χ4n) is 1.83. The highest BCUT2D eigenvalue weighted by Crippen LogP contribution is 2.35. The molecule has 0 aliphatic heterocycles. The standard InChI is InChI=1S/C12H12BrClN2O2S/c13-9-2-5-12(11(14)8-9)19(17,18)16(7-1-6-15)10-3-4-10/h2,5,8,10H,1,3-4,7H2. The first kappa shape index (κ1) is 14.8. The first-order valence-corrected chi connectivity index (χ1v) is 8.42. The van der Waals surface area contributed by atoms with Gasteiger partial charge in [-0.3, -0.25) is 0 Å². The fourth-order valence-corrected chi connectivity index (χ4v) is 4.53. The summed E-state index contributed by atoms with van der Waals surface area (Å²) in [6.45, 7) is 0.218. The Morgan fingerprint density at radius 1 is 1.47 bits per heavy atom. The summed E-state index contributed by atoms with van der Waals surface area (Å²) in [7, 11) is -3.63. The molecule has 102 valence electrons. The summed E-state index contributed by atoms with van der Waals surface area (Å²) in [5, 5.41) is 8.83. The Morgan fingerprint density at radius 3 is 2.68 bits per heavy atom. The summed E-state index contributed by atoms with van der Waals surface area (Å²) in [5.74, 6) is 0. The molecule has 7 heteroatoms. The topological polar surface area (TPSA) is 61.2 Å². The van der Waals surface area contributed by atoms with Crippen LogP contribution in [0.5, 0.6) is 0 Å². The Labute approximate surface area is 126 Å². The van der Waals surface area contributed by atoms with Crippen LogP contribution in [-0.2, 0) is 10.0 Å². The maximum Gasteiger partial charge on any atom is 0.244 e. The minimum atomic E-state index is -3.63. The molecule has 19 heavy (non-hydrogen) atoms. The Balaban J connectivity index is 2.36. The van der Waals surface area contributed by atoms with Gasteiger partial charge >= 0.3 is 0 Å². The number of hydrogen-bond acceptors (Lipinski definition) is 3. The second kappa shape index (κ2) is 5.80. The van der Waals surface area contributed by atoms with E-state index in [4.69, 9.17) is 16.9 Å². The van der Waals surface area contributed by atoms with Crippen LogP contribution >= 0.6 is 27.5 Å². The molecule has 0 amide bonds. The lowest BCUT2D eigenvalue weighted by Crippen LogP contribution is -2.34.